The van der Waals surface area contributed by atoms with E-state index in [0.29, 0.717) is 16.6 Å². The number of unbranched alkanes of at least 4 members (excludes halogenated alkanes) is 7. The second kappa shape index (κ2) is 13.4. The summed E-state index contributed by atoms with van der Waals surface area (Å²) in [6.07, 6.45) is 13.2. The first-order valence-corrected chi connectivity index (χ1v) is 12.2. The van der Waals surface area contributed by atoms with Crippen molar-refractivity contribution in [1.29, 1.82) is 0 Å². The van der Waals surface area contributed by atoms with Gasteiger partial charge >= 0.3 is 0 Å². The molecule has 0 saturated heterocycles. The molecule has 24 heavy (non-hydrogen) atoms. The van der Waals surface area contributed by atoms with E-state index in [9.17, 15) is 0 Å². The Labute approximate surface area is 153 Å². The topological polar surface area (TPSA) is 9.23 Å². The smallest absolute Gasteiger partial charge is 0.272 e. The Balaban J connectivity index is 4.21. The number of rotatable bonds is 11. The van der Waals surface area contributed by atoms with Gasteiger partial charge in [-0.15, -0.1) is 0 Å². The van der Waals surface area contributed by atoms with Gasteiger partial charge in [0.25, 0.3) is 8.32 Å². The van der Waals surface area contributed by atoms with Gasteiger partial charge in [-0.2, -0.15) is 0 Å². The summed E-state index contributed by atoms with van der Waals surface area (Å²) in [5.41, 5.74) is 1.69. The first-order valence-electron chi connectivity index (χ1n) is 10.0. The predicted octanol–water partition coefficient (Wildman–Crippen LogP) is 7.28. The van der Waals surface area contributed by atoms with Gasteiger partial charge in [0.1, 0.15) is 6.11 Å². The summed E-state index contributed by atoms with van der Waals surface area (Å²) in [7, 11) is -1.87. The molecule has 0 bridgehead atoms. The van der Waals surface area contributed by atoms with Crippen LogP contribution in [0.4, 0.5) is 0 Å². The summed E-state index contributed by atoms with van der Waals surface area (Å²) in [6, 6.07) is 0. The molecule has 0 N–H and O–H groups in total. The molecule has 0 atom stereocenters. The van der Waals surface area contributed by atoms with E-state index in [2.05, 4.69) is 72.3 Å². The normalized spacial score (nSPS) is 11.2. The Hall–Kier alpha value is -0.863. The zero-order chi connectivity index (χ0) is 18.4. The molecule has 0 fully saturated rings. The van der Waals surface area contributed by atoms with Gasteiger partial charge in [0.05, 0.1) is 0 Å². The van der Waals surface area contributed by atoms with Gasteiger partial charge in [-0.05, 0) is 29.0 Å². The molecule has 0 amide bonds. The molecule has 0 radical (unpaired) electrons. The largest absolute Gasteiger partial charge is 0.499 e. The highest BCUT2D eigenvalue weighted by Gasteiger charge is 2.46. The minimum absolute atomic E-state index is 0.562. The van der Waals surface area contributed by atoms with E-state index >= 15 is 0 Å². The lowest BCUT2D eigenvalue weighted by atomic mass is 10.1. The molecule has 0 aliphatic rings. The van der Waals surface area contributed by atoms with E-state index in [-0.39, 0.29) is 0 Å². The van der Waals surface area contributed by atoms with Gasteiger partial charge < -0.3 is 4.43 Å². The fourth-order valence-electron chi connectivity index (χ4n) is 3.77. The van der Waals surface area contributed by atoms with Crippen molar-refractivity contribution in [2.45, 2.75) is 116 Å². The van der Waals surface area contributed by atoms with Gasteiger partial charge in [-0.25, -0.2) is 0 Å². The zero-order valence-corrected chi connectivity index (χ0v) is 18.3. The molecule has 0 unspecified atom stereocenters. The SMILES string of the molecule is CCCCCCCCCC#CC#CO[Si](C(C)C)(C(C)C)C(C)C. The Kier molecular flexibility index (Phi) is 12.9. The second-order valence-corrected chi connectivity index (χ2v) is 13.2. The van der Waals surface area contributed by atoms with Gasteiger partial charge in [0.15, 0.2) is 0 Å². The van der Waals surface area contributed by atoms with Gasteiger partial charge in [0.2, 0.25) is 0 Å². The molecular formula is C22H40OSi. The molecule has 0 saturated carbocycles. The maximum absolute atomic E-state index is 6.17. The van der Waals surface area contributed by atoms with Crippen LogP contribution in [-0.4, -0.2) is 8.32 Å². The number of hydrogen-bond donors (Lipinski definition) is 0. The average molecular weight is 349 g/mol. The van der Waals surface area contributed by atoms with Crippen molar-refractivity contribution in [3.63, 3.8) is 0 Å². The molecule has 0 aromatic heterocycles. The molecule has 138 valence electrons. The molecular weight excluding hydrogens is 308 g/mol. The molecule has 1 nitrogen and oxygen atoms in total. The molecule has 2 heteroatoms. The van der Waals surface area contributed by atoms with E-state index in [4.69, 9.17) is 4.43 Å². The standard InChI is InChI=1S/C22H40OSi/c1-8-9-10-11-12-13-14-15-16-17-18-19-23-24(20(2)3,21(4)5)22(6)7/h20-22H,8-15H2,1-7H3. The lowest BCUT2D eigenvalue weighted by molar-refractivity contribution is 0.447. The minimum atomic E-state index is -1.87. The van der Waals surface area contributed by atoms with Crippen molar-refractivity contribution in [2.75, 3.05) is 0 Å². The van der Waals surface area contributed by atoms with Crippen LogP contribution in [-0.2, 0) is 4.43 Å². The van der Waals surface area contributed by atoms with Crippen molar-refractivity contribution in [3.05, 3.63) is 0 Å². The molecule has 0 heterocycles. The van der Waals surface area contributed by atoms with Crippen molar-refractivity contribution >= 4 is 8.32 Å². The molecule has 0 aliphatic heterocycles. The summed E-state index contributed by atoms with van der Waals surface area (Å²) in [4.78, 5) is 0. The fourth-order valence-corrected chi connectivity index (χ4v) is 8.71. The third-order valence-electron chi connectivity index (χ3n) is 5.04. The van der Waals surface area contributed by atoms with Gasteiger partial charge in [-0.3, -0.25) is 0 Å². The third-order valence-corrected chi connectivity index (χ3v) is 10.9. The highest BCUT2D eigenvalue weighted by molar-refractivity contribution is 6.77. The second-order valence-electron chi connectivity index (χ2n) is 7.82. The van der Waals surface area contributed by atoms with Crippen molar-refractivity contribution in [2.24, 2.45) is 0 Å². The lowest BCUT2D eigenvalue weighted by Crippen LogP contribution is -2.46. The molecule has 0 aromatic carbocycles. The first kappa shape index (κ1) is 23.1. The van der Waals surface area contributed by atoms with Crippen LogP contribution in [0.3, 0.4) is 0 Å². The number of hydrogen-bond acceptors (Lipinski definition) is 1. The van der Waals surface area contributed by atoms with Crippen LogP contribution in [0.1, 0.15) is 99.8 Å². The Bertz CT molecular complexity index is 407. The predicted molar refractivity (Wildman–Crippen MR) is 110 cm³/mol. The zero-order valence-electron chi connectivity index (χ0n) is 17.3. The van der Waals surface area contributed by atoms with E-state index in [1.165, 1.54) is 44.9 Å². The molecule has 0 aromatic rings. The van der Waals surface area contributed by atoms with Crippen LogP contribution >= 0.6 is 0 Å². The summed E-state index contributed by atoms with van der Waals surface area (Å²) in [5.74, 6) is 9.07. The Morgan fingerprint density at radius 3 is 1.71 bits per heavy atom. The van der Waals surface area contributed by atoms with Crippen LogP contribution in [0.2, 0.25) is 16.6 Å². The molecule has 0 spiro atoms. The van der Waals surface area contributed by atoms with Gasteiger partial charge in [-0.1, -0.05) is 92.9 Å². The van der Waals surface area contributed by atoms with E-state index < -0.39 is 8.32 Å². The van der Waals surface area contributed by atoms with Crippen LogP contribution in [0.5, 0.6) is 0 Å². The monoisotopic (exact) mass is 348 g/mol. The van der Waals surface area contributed by atoms with E-state index in [1.807, 2.05) is 0 Å². The highest BCUT2D eigenvalue weighted by atomic mass is 28.4. The highest BCUT2D eigenvalue weighted by Crippen LogP contribution is 2.41. The Morgan fingerprint density at radius 2 is 1.21 bits per heavy atom. The minimum Gasteiger partial charge on any atom is -0.499 e. The fraction of sp³-hybridized carbons (Fsp3) is 0.818. The quantitative estimate of drug-likeness (QED) is 0.216. The van der Waals surface area contributed by atoms with Crippen molar-refractivity contribution in [1.82, 2.24) is 0 Å². The summed E-state index contributed by atoms with van der Waals surface area (Å²) >= 11 is 0. The Morgan fingerprint density at radius 1 is 0.708 bits per heavy atom. The van der Waals surface area contributed by atoms with Crippen LogP contribution in [0.25, 0.3) is 0 Å². The first-order chi connectivity index (χ1) is 11.4. The van der Waals surface area contributed by atoms with Crippen molar-refractivity contribution in [3.8, 4) is 23.9 Å². The maximum Gasteiger partial charge on any atom is 0.272 e. The summed E-state index contributed by atoms with van der Waals surface area (Å²) in [6.45, 7) is 15.9. The van der Waals surface area contributed by atoms with Crippen molar-refractivity contribution < 1.29 is 4.43 Å². The van der Waals surface area contributed by atoms with Crippen LogP contribution in [0, 0.1) is 23.9 Å². The van der Waals surface area contributed by atoms with Crippen LogP contribution in [0.15, 0.2) is 0 Å². The van der Waals surface area contributed by atoms with E-state index in [1.54, 1.807) is 0 Å². The van der Waals surface area contributed by atoms with Crippen LogP contribution < -0.4 is 0 Å². The molecule has 0 aliphatic carbocycles. The third kappa shape index (κ3) is 8.30. The lowest BCUT2D eigenvalue weighted by Gasteiger charge is -2.39. The van der Waals surface area contributed by atoms with E-state index in [0.717, 1.165) is 6.42 Å². The molecule has 0 rings (SSSR count). The average Bonchev–Trinajstić information content (AvgIpc) is 2.51. The van der Waals surface area contributed by atoms with Gasteiger partial charge in [0, 0.05) is 12.3 Å². The summed E-state index contributed by atoms with van der Waals surface area (Å²) < 4.78 is 6.17. The maximum atomic E-state index is 6.17. The summed E-state index contributed by atoms with van der Waals surface area (Å²) in [5, 5.41) is 0.